The average Bonchev–Trinajstić information content (AvgIpc) is 3.25. The smallest absolute Gasteiger partial charge is 0.250 e. The molecule has 0 bridgehead atoms. The fraction of sp³-hybridized carbons (Fsp3) is 0.625. The number of β-amino-alcohol motifs (C(OH)–C–C–N with tert-alkyl or cyclic N) is 1. The van der Waals surface area contributed by atoms with Crippen molar-refractivity contribution in [3.8, 4) is 0 Å². The molecule has 1 unspecified atom stereocenters. The van der Waals surface area contributed by atoms with E-state index < -0.39 is 0 Å². The minimum Gasteiger partial charge on any atom is -0.391 e. The van der Waals surface area contributed by atoms with Crippen molar-refractivity contribution in [1.82, 2.24) is 35.1 Å². The van der Waals surface area contributed by atoms with Crippen LogP contribution >= 0.6 is 0 Å². The molecular formula is C16H22N8O2. The van der Waals surface area contributed by atoms with Gasteiger partial charge in [-0.3, -0.25) is 0 Å². The quantitative estimate of drug-likeness (QED) is 0.726. The highest BCUT2D eigenvalue weighted by Crippen LogP contribution is 2.28. The van der Waals surface area contributed by atoms with Crippen molar-refractivity contribution in [2.45, 2.75) is 52.2 Å². The van der Waals surface area contributed by atoms with Gasteiger partial charge in [-0.15, -0.1) is 10.2 Å². The van der Waals surface area contributed by atoms with E-state index in [9.17, 15) is 5.11 Å². The molecule has 1 aliphatic rings. The van der Waals surface area contributed by atoms with Crippen molar-refractivity contribution >= 4 is 17.0 Å². The van der Waals surface area contributed by atoms with Crippen molar-refractivity contribution in [2.75, 3.05) is 18.0 Å². The molecule has 0 radical (unpaired) electrons. The molecule has 1 aliphatic heterocycles. The van der Waals surface area contributed by atoms with Gasteiger partial charge in [0.25, 0.3) is 0 Å². The lowest BCUT2D eigenvalue weighted by Gasteiger charge is -2.21. The molecule has 0 spiro atoms. The number of nitrogens with zero attached hydrogens (tertiary/aromatic N) is 8. The molecule has 26 heavy (non-hydrogen) atoms. The van der Waals surface area contributed by atoms with E-state index in [0.29, 0.717) is 47.5 Å². The number of rotatable bonds is 3. The fourth-order valence-corrected chi connectivity index (χ4v) is 2.92. The summed E-state index contributed by atoms with van der Waals surface area (Å²) in [7, 11) is 0. The lowest BCUT2D eigenvalue weighted by molar-refractivity contribution is 0.198. The van der Waals surface area contributed by atoms with Crippen LogP contribution in [0.3, 0.4) is 0 Å². The number of fused-ring (bicyclic) bond motifs is 1. The first kappa shape index (κ1) is 16.8. The number of aliphatic hydroxyl groups is 1. The highest BCUT2D eigenvalue weighted by Gasteiger charge is 2.28. The summed E-state index contributed by atoms with van der Waals surface area (Å²) in [4.78, 5) is 17.1. The number of aromatic nitrogens is 7. The Balaban J connectivity index is 1.78. The normalized spacial score (nSPS) is 18.2. The second-order valence-corrected chi connectivity index (χ2v) is 7.65. The van der Waals surface area contributed by atoms with Crippen molar-refractivity contribution < 1.29 is 9.63 Å². The summed E-state index contributed by atoms with van der Waals surface area (Å²) in [5, 5.41) is 22.7. The van der Waals surface area contributed by atoms with Gasteiger partial charge in [-0.1, -0.05) is 25.9 Å². The van der Waals surface area contributed by atoms with E-state index >= 15 is 0 Å². The predicted octanol–water partition coefficient (Wildman–Crippen LogP) is 0.830. The van der Waals surface area contributed by atoms with Crippen LogP contribution in [0.5, 0.6) is 0 Å². The summed E-state index contributed by atoms with van der Waals surface area (Å²) in [6.07, 6.45) is 0.362. The van der Waals surface area contributed by atoms with E-state index in [1.165, 1.54) is 4.80 Å². The summed E-state index contributed by atoms with van der Waals surface area (Å²) in [5.74, 6) is 2.41. The zero-order valence-corrected chi connectivity index (χ0v) is 15.3. The van der Waals surface area contributed by atoms with Crippen molar-refractivity contribution in [3.63, 3.8) is 0 Å². The highest BCUT2D eigenvalue weighted by atomic mass is 16.5. The van der Waals surface area contributed by atoms with Crippen LogP contribution in [0.15, 0.2) is 4.52 Å². The van der Waals surface area contributed by atoms with E-state index in [1.807, 2.05) is 4.90 Å². The summed E-state index contributed by atoms with van der Waals surface area (Å²) in [6, 6.07) is 0. The molecule has 0 saturated carbocycles. The third-order valence-corrected chi connectivity index (χ3v) is 4.25. The minimum absolute atomic E-state index is 0.228. The van der Waals surface area contributed by atoms with E-state index in [-0.39, 0.29) is 18.1 Å². The standard InChI is InChI=1S/C16H22N8O2/c1-9-17-11(26-22-9)8-24-20-12-13(21-24)18-15(16(2,3)4)19-14(12)23-6-5-10(25)7-23/h10,25H,5-8H2,1-4H3. The largest absolute Gasteiger partial charge is 0.391 e. The molecule has 1 fully saturated rings. The SMILES string of the molecule is Cc1noc(Cn2nc3nc(C(C)(C)C)nc(N4CCC(O)C4)c3n2)n1. The molecule has 1 saturated heterocycles. The molecule has 138 valence electrons. The lowest BCUT2D eigenvalue weighted by atomic mass is 9.96. The van der Waals surface area contributed by atoms with Gasteiger partial charge >= 0.3 is 0 Å². The van der Waals surface area contributed by atoms with Crippen LogP contribution in [0.25, 0.3) is 11.2 Å². The summed E-state index contributed by atoms with van der Waals surface area (Å²) in [5.41, 5.74) is 0.912. The average molecular weight is 358 g/mol. The van der Waals surface area contributed by atoms with Gasteiger partial charge in [0.15, 0.2) is 17.2 Å². The maximum Gasteiger partial charge on any atom is 0.250 e. The maximum atomic E-state index is 9.91. The molecule has 0 amide bonds. The number of hydrogen-bond acceptors (Lipinski definition) is 9. The highest BCUT2D eigenvalue weighted by molar-refractivity contribution is 5.82. The summed E-state index contributed by atoms with van der Waals surface area (Å²) < 4.78 is 5.14. The van der Waals surface area contributed by atoms with Gasteiger partial charge in [-0.2, -0.15) is 9.78 Å². The Bertz CT molecular complexity index is 942. The first-order chi connectivity index (χ1) is 12.3. The molecule has 3 aromatic heterocycles. The number of hydrogen-bond donors (Lipinski definition) is 1. The Hall–Kier alpha value is -2.62. The van der Waals surface area contributed by atoms with Crippen molar-refractivity contribution in [3.05, 3.63) is 17.5 Å². The number of aliphatic hydroxyl groups excluding tert-OH is 1. The molecule has 4 heterocycles. The van der Waals surface area contributed by atoms with E-state index in [1.54, 1.807) is 6.92 Å². The van der Waals surface area contributed by atoms with Crippen LogP contribution in [0, 0.1) is 6.92 Å². The van der Waals surface area contributed by atoms with Crippen molar-refractivity contribution in [1.29, 1.82) is 0 Å². The Morgan fingerprint density at radius 3 is 2.62 bits per heavy atom. The first-order valence-electron chi connectivity index (χ1n) is 8.65. The zero-order valence-electron chi connectivity index (χ0n) is 15.3. The molecule has 0 aliphatic carbocycles. The van der Waals surface area contributed by atoms with Gasteiger partial charge in [-0.25, -0.2) is 9.97 Å². The van der Waals surface area contributed by atoms with Gasteiger partial charge < -0.3 is 14.5 Å². The zero-order chi connectivity index (χ0) is 18.5. The van der Waals surface area contributed by atoms with Gasteiger partial charge in [0, 0.05) is 18.5 Å². The first-order valence-corrected chi connectivity index (χ1v) is 8.65. The van der Waals surface area contributed by atoms with Crippen LogP contribution in [-0.2, 0) is 12.0 Å². The van der Waals surface area contributed by atoms with Crippen LogP contribution in [0.2, 0.25) is 0 Å². The van der Waals surface area contributed by atoms with Gasteiger partial charge in [0.1, 0.15) is 12.4 Å². The Labute approximate surface area is 150 Å². The Morgan fingerprint density at radius 2 is 2.00 bits per heavy atom. The van der Waals surface area contributed by atoms with Gasteiger partial charge in [0.05, 0.1) is 6.10 Å². The number of anilines is 1. The van der Waals surface area contributed by atoms with Crippen LogP contribution in [0.1, 0.15) is 44.7 Å². The molecular weight excluding hydrogens is 336 g/mol. The van der Waals surface area contributed by atoms with E-state index in [0.717, 1.165) is 6.54 Å². The summed E-state index contributed by atoms with van der Waals surface area (Å²) in [6.45, 7) is 9.47. The fourth-order valence-electron chi connectivity index (χ4n) is 2.92. The second kappa shape index (κ2) is 5.97. The Kier molecular flexibility index (Phi) is 3.87. The minimum atomic E-state index is -0.352. The van der Waals surface area contributed by atoms with Crippen LogP contribution < -0.4 is 4.90 Å². The lowest BCUT2D eigenvalue weighted by Crippen LogP contribution is -2.25. The molecule has 4 rings (SSSR count). The Morgan fingerprint density at radius 1 is 1.19 bits per heavy atom. The van der Waals surface area contributed by atoms with Crippen LogP contribution in [0.4, 0.5) is 5.82 Å². The van der Waals surface area contributed by atoms with E-state index in [4.69, 9.17) is 9.51 Å². The van der Waals surface area contributed by atoms with Crippen molar-refractivity contribution in [2.24, 2.45) is 0 Å². The monoisotopic (exact) mass is 358 g/mol. The molecule has 10 heteroatoms. The third kappa shape index (κ3) is 3.12. The second-order valence-electron chi connectivity index (χ2n) is 7.65. The van der Waals surface area contributed by atoms with Crippen LogP contribution in [-0.4, -0.2) is 59.4 Å². The molecule has 1 N–H and O–H groups in total. The topological polar surface area (TPSA) is 119 Å². The van der Waals surface area contributed by atoms with Gasteiger partial charge in [0.2, 0.25) is 11.5 Å². The molecule has 0 aromatic carbocycles. The third-order valence-electron chi connectivity index (χ3n) is 4.25. The van der Waals surface area contributed by atoms with E-state index in [2.05, 4.69) is 46.1 Å². The summed E-state index contributed by atoms with van der Waals surface area (Å²) >= 11 is 0. The predicted molar refractivity (Wildman–Crippen MR) is 92.8 cm³/mol. The molecule has 10 nitrogen and oxygen atoms in total. The van der Waals surface area contributed by atoms with Gasteiger partial charge in [-0.05, 0) is 13.3 Å². The maximum absolute atomic E-state index is 9.91. The number of aryl methyl sites for hydroxylation is 1. The molecule has 3 aromatic rings. The molecule has 1 atom stereocenters.